The van der Waals surface area contributed by atoms with Gasteiger partial charge in [0.25, 0.3) is 0 Å². The van der Waals surface area contributed by atoms with Crippen molar-refractivity contribution >= 4 is 5.97 Å². The van der Waals surface area contributed by atoms with E-state index in [1.165, 1.54) is 7.11 Å². The van der Waals surface area contributed by atoms with E-state index in [0.717, 1.165) is 12.0 Å². The molecule has 0 N–H and O–H groups in total. The van der Waals surface area contributed by atoms with Gasteiger partial charge in [-0.15, -0.1) is 0 Å². The third-order valence-electron chi connectivity index (χ3n) is 1.86. The molecule has 1 rings (SSSR count). The Morgan fingerprint density at radius 1 is 1.57 bits per heavy atom. The van der Waals surface area contributed by atoms with Crippen LogP contribution in [0.5, 0.6) is 0 Å². The summed E-state index contributed by atoms with van der Waals surface area (Å²) in [5, 5.41) is 0. The van der Waals surface area contributed by atoms with E-state index < -0.39 is 0 Å². The molecule has 0 spiro atoms. The number of nitrogens with zero attached hydrogens (tertiary/aromatic N) is 1. The molecule has 0 aliphatic rings. The molecule has 76 valence electrons. The van der Waals surface area contributed by atoms with Gasteiger partial charge in [0.15, 0.2) is 0 Å². The summed E-state index contributed by atoms with van der Waals surface area (Å²) in [5.41, 5.74) is 1.50. The lowest BCUT2D eigenvalue weighted by Crippen LogP contribution is -2.05. The Kier molecular flexibility index (Phi) is 3.63. The average Bonchev–Trinajstić information content (AvgIpc) is 2.16. The second-order valence-corrected chi connectivity index (χ2v) is 3.64. The van der Waals surface area contributed by atoms with E-state index in [4.69, 9.17) is 0 Å². The molecule has 0 unspecified atom stereocenters. The van der Waals surface area contributed by atoms with Gasteiger partial charge in [-0.05, 0) is 30.0 Å². The van der Waals surface area contributed by atoms with Crippen LogP contribution in [0.25, 0.3) is 0 Å². The molecule has 0 saturated carbocycles. The van der Waals surface area contributed by atoms with Gasteiger partial charge in [0, 0.05) is 6.20 Å². The fourth-order valence-corrected chi connectivity index (χ4v) is 1.29. The quantitative estimate of drug-likeness (QED) is 0.690. The molecule has 1 aromatic rings. The molecular weight excluding hydrogens is 178 g/mol. The van der Waals surface area contributed by atoms with E-state index in [9.17, 15) is 4.79 Å². The minimum absolute atomic E-state index is 0.379. The lowest BCUT2D eigenvalue weighted by Gasteiger charge is -2.05. The Bertz CT molecular complexity index is 321. The molecule has 0 fully saturated rings. The predicted octanol–water partition coefficient (Wildman–Crippen LogP) is 2.07. The monoisotopic (exact) mass is 193 g/mol. The van der Waals surface area contributed by atoms with Crippen molar-refractivity contribution in [3.8, 4) is 0 Å². The molecule has 0 atom stereocenters. The summed E-state index contributed by atoms with van der Waals surface area (Å²) in [7, 11) is 1.36. The minimum Gasteiger partial charge on any atom is -0.464 e. The van der Waals surface area contributed by atoms with Crippen molar-refractivity contribution in [3.05, 3.63) is 29.6 Å². The number of aromatic nitrogens is 1. The van der Waals surface area contributed by atoms with Gasteiger partial charge < -0.3 is 4.74 Å². The molecule has 0 aliphatic heterocycles. The number of carbonyl (C=O) groups is 1. The van der Waals surface area contributed by atoms with Crippen LogP contribution in [0.4, 0.5) is 0 Å². The Morgan fingerprint density at radius 3 is 2.86 bits per heavy atom. The van der Waals surface area contributed by atoms with Gasteiger partial charge in [-0.2, -0.15) is 0 Å². The SMILES string of the molecule is COC(=O)c1cc(CC(C)C)ccn1. The smallest absolute Gasteiger partial charge is 0.356 e. The fraction of sp³-hybridized carbons (Fsp3) is 0.455. The average molecular weight is 193 g/mol. The highest BCUT2D eigenvalue weighted by atomic mass is 16.5. The molecular formula is C11H15NO2. The van der Waals surface area contributed by atoms with Crippen molar-refractivity contribution in [1.82, 2.24) is 4.98 Å². The first kappa shape index (κ1) is 10.7. The topological polar surface area (TPSA) is 39.2 Å². The zero-order valence-corrected chi connectivity index (χ0v) is 8.78. The van der Waals surface area contributed by atoms with Crippen LogP contribution in [0.3, 0.4) is 0 Å². The van der Waals surface area contributed by atoms with Crippen LogP contribution < -0.4 is 0 Å². The molecule has 0 aromatic carbocycles. The molecule has 0 bridgehead atoms. The molecule has 1 aromatic heterocycles. The Hall–Kier alpha value is -1.38. The zero-order valence-electron chi connectivity index (χ0n) is 8.78. The van der Waals surface area contributed by atoms with Gasteiger partial charge in [-0.3, -0.25) is 0 Å². The highest BCUT2D eigenvalue weighted by Gasteiger charge is 2.07. The Balaban J connectivity index is 2.84. The van der Waals surface area contributed by atoms with Crippen molar-refractivity contribution in [1.29, 1.82) is 0 Å². The first-order chi connectivity index (χ1) is 6.63. The van der Waals surface area contributed by atoms with Crippen molar-refractivity contribution in [2.75, 3.05) is 7.11 Å². The largest absolute Gasteiger partial charge is 0.464 e. The zero-order chi connectivity index (χ0) is 10.6. The third kappa shape index (κ3) is 2.83. The lowest BCUT2D eigenvalue weighted by molar-refractivity contribution is 0.0594. The summed E-state index contributed by atoms with van der Waals surface area (Å²) in [6.07, 6.45) is 2.59. The van der Waals surface area contributed by atoms with Gasteiger partial charge in [-0.25, -0.2) is 9.78 Å². The molecule has 0 aliphatic carbocycles. The minimum atomic E-state index is -0.379. The Morgan fingerprint density at radius 2 is 2.29 bits per heavy atom. The fourth-order valence-electron chi connectivity index (χ4n) is 1.29. The second kappa shape index (κ2) is 4.74. The second-order valence-electron chi connectivity index (χ2n) is 3.64. The summed E-state index contributed by atoms with van der Waals surface area (Å²) >= 11 is 0. The van der Waals surface area contributed by atoms with Crippen LogP contribution in [-0.4, -0.2) is 18.1 Å². The van der Waals surface area contributed by atoms with Gasteiger partial charge in [0.05, 0.1) is 7.11 Å². The van der Waals surface area contributed by atoms with Crippen molar-refractivity contribution in [2.24, 2.45) is 5.92 Å². The molecule has 3 nitrogen and oxygen atoms in total. The first-order valence-corrected chi connectivity index (χ1v) is 4.66. The van der Waals surface area contributed by atoms with E-state index in [1.807, 2.05) is 6.07 Å². The van der Waals surface area contributed by atoms with Gasteiger partial charge in [-0.1, -0.05) is 13.8 Å². The standard InChI is InChI=1S/C11H15NO2/c1-8(2)6-9-4-5-12-10(7-9)11(13)14-3/h4-5,7-8H,6H2,1-3H3. The van der Waals surface area contributed by atoms with E-state index in [1.54, 1.807) is 12.3 Å². The maximum atomic E-state index is 11.2. The van der Waals surface area contributed by atoms with E-state index in [0.29, 0.717) is 11.6 Å². The third-order valence-corrected chi connectivity index (χ3v) is 1.86. The van der Waals surface area contributed by atoms with Crippen molar-refractivity contribution in [3.63, 3.8) is 0 Å². The summed E-state index contributed by atoms with van der Waals surface area (Å²) in [4.78, 5) is 15.1. The summed E-state index contributed by atoms with van der Waals surface area (Å²) < 4.78 is 4.59. The summed E-state index contributed by atoms with van der Waals surface area (Å²) in [5.74, 6) is 0.193. The molecule has 0 amide bonds. The van der Waals surface area contributed by atoms with Crippen molar-refractivity contribution in [2.45, 2.75) is 20.3 Å². The highest BCUT2D eigenvalue weighted by Crippen LogP contribution is 2.09. The molecule has 0 radical (unpaired) electrons. The highest BCUT2D eigenvalue weighted by molar-refractivity contribution is 5.87. The first-order valence-electron chi connectivity index (χ1n) is 4.66. The number of methoxy groups -OCH3 is 1. The Labute approximate surface area is 84.1 Å². The molecule has 3 heteroatoms. The van der Waals surface area contributed by atoms with Crippen LogP contribution in [0.15, 0.2) is 18.3 Å². The van der Waals surface area contributed by atoms with Crippen LogP contribution in [0.2, 0.25) is 0 Å². The number of pyridine rings is 1. The molecule has 1 heterocycles. The number of hydrogen-bond donors (Lipinski definition) is 0. The summed E-state index contributed by atoms with van der Waals surface area (Å²) in [6.45, 7) is 4.27. The van der Waals surface area contributed by atoms with E-state index >= 15 is 0 Å². The normalized spacial score (nSPS) is 10.3. The van der Waals surface area contributed by atoms with Crippen molar-refractivity contribution < 1.29 is 9.53 Å². The van der Waals surface area contributed by atoms with Gasteiger partial charge in [0.1, 0.15) is 5.69 Å². The van der Waals surface area contributed by atoms with Crippen LogP contribution in [0, 0.1) is 5.92 Å². The maximum Gasteiger partial charge on any atom is 0.356 e. The number of rotatable bonds is 3. The number of carbonyl (C=O) groups excluding carboxylic acids is 1. The number of ether oxygens (including phenoxy) is 1. The number of esters is 1. The van der Waals surface area contributed by atoms with E-state index in [2.05, 4.69) is 23.6 Å². The lowest BCUT2D eigenvalue weighted by atomic mass is 10.0. The molecule has 14 heavy (non-hydrogen) atoms. The van der Waals surface area contributed by atoms with Gasteiger partial charge in [0.2, 0.25) is 0 Å². The number of hydrogen-bond acceptors (Lipinski definition) is 3. The maximum absolute atomic E-state index is 11.2. The van der Waals surface area contributed by atoms with Gasteiger partial charge >= 0.3 is 5.97 Å². The van der Waals surface area contributed by atoms with Crippen LogP contribution >= 0.6 is 0 Å². The predicted molar refractivity (Wildman–Crippen MR) is 54.1 cm³/mol. The summed E-state index contributed by atoms with van der Waals surface area (Å²) in [6, 6.07) is 3.71. The van der Waals surface area contributed by atoms with E-state index in [-0.39, 0.29) is 5.97 Å². The van der Waals surface area contributed by atoms with Crippen LogP contribution in [0.1, 0.15) is 29.9 Å². The molecule has 0 saturated heterocycles. The van der Waals surface area contributed by atoms with Crippen LogP contribution in [-0.2, 0) is 11.2 Å².